The zero-order valence-electron chi connectivity index (χ0n) is 16.4. The van der Waals surface area contributed by atoms with Crippen molar-refractivity contribution in [3.05, 3.63) is 47.5 Å². The van der Waals surface area contributed by atoms with Crippen LogP contribution in [0.15, 0.2) is 30.6 Å². The maximum atomic E-state index is 13.4. The lowest BCUT2D eigenvalue weighted by molar-refractivity contribution is -0.146. The van der Waals surface area contributed by atoms with Crippen LogP contribution in [0.25, 0.3) is 5.65 Å². The second-order valence-corrected chi connectivity index (χ2v) is 7.58. The van der Waals surface area contributed by atoms with Crippen LogP contribution in [0.2, 0.25) is 0 Å². The molecule has 1 fully saturated rings. The molecule has 0 saturated carbocycles. The maximum Gasteiger partial charge on any atom is 0.408 e. The van der Waals surface area contributed by atoms with Crippen LogP contribution in [-0.4, -0.2) is 50.9 Å². The van der Waals surface area contributed by atoms with E-state index in [0.29, 0.717) is 31.0 Å². The number of imidazole rings is 1. The predicted octanol–water partition coefficient (Wildman–Crippen LogP) is 2.98. The molecular formula is C20H19F3N6O2. The molecule has 1 unspecified atom stereocenters. The van der Waals surface area contributed by atoms with Crippen molar-refractivity contribution in [2.24, 2.45) is 0 Å². The molecule has 1 saturated heterocycles. The first kappa shape index (κ1) is 19.7. The molecule has 2 aliphatic rings. The third-order valence-corrected chi connectivity index (χ3v) is 5.56. The van der Waals surface area contributed by atoms with E-state index in [1.54, 1.807) is 18.3 Å². The van der Waals surface area contributed by atoms with Gasteiger partial charge in [0.25, 0.3) is 5.91 Å². The Morgan fingerprint density at radius 2 is 2.10 bits per heavy atom. The molecule has 0 spiro atoms. The second-order valence-electron chi connectivity index (χ2n) is 7.58. The first-order valence-electron chi connectivity index (χ1n) is 9.95. The average Bonchev–Trinajstić information content (AvgIpc) is 3.40. The number of hydrogen-bond acceptors (Lipinski definition) is 6. The number of rotatable bonds is 3. The number of fused-ring (bicyclic) bond motifs is 2. The normalized spacial score (nSPS) is 18.9. The summed E-state index contributed by atoms with van der Waals surface area (Å²) in [6.07, 6.45) is -0.250. The minimum Gasteiger partial charge on any atom is -0.376 e. The van der Waals surface area contributed by atoms with E-state index in [0.717, 1.165) is 17.7 Å². The number of nitrogens with zero attached hydrogens (tertiary/aromatic N) is 5. The highest BCUT2D eigenvalue weighted by molar-refractivity contribution is 6.03. The van der Waals surface area contributed by atoms with Gasteiger partial charge in [-0.3, -0.25) is 9.78 Å². The van der Waals surface area contributed by atoms with Crippen molar-refractivity contribution < 1.29 is 22.7 Å². The number of carbonyl (C=O) groups excluding carboxylic acids is 1. The summed E-state index contributed by atoms with van der Waals surface area (Å²) in [5, 5.41) is 7.05. The molecule has 11 heteroatoms. The molecule has 162 valence electrons. The number of nitrogens with one attached hydrogen (secondary N) is 1. The van der Waals surface area contributed by atoms with Crippen molar-refractivity contribution in [1.82, 2.24) is 19.6 Å². The Morgan fingerprint density at radius 3 is 2.94 bits per heavy atom. The van der Waals surface area contributed by atoms with Crippen molar-refractivity contribution in [2.45, 2.75) is 38.1 Å². The van der Waals surface area contributed by atoms with E-state index in [4.69, 9.17) is 4.74 Å². The first-order chi connectivity index (χ1) is 14.9. The number of amides is 1. The van der Waals surface area contributed by atoms with Gasteiger partial charge in [0.15, 0.2) is 11.3 Å². The third kappa shape index (κ3) is 3.69. The topological polar surface area (TPSA) is 84.6 Å². The van der Waals surface area contributed by atoms with Crippen LogP contribution in [0.1, 0.15) is 34.6 Å². The van der Waals surface area contributed by atoms with Crippen LogP contribution in [0.4, 0.5) is 24.7 Å². The first-order valence-corrected chi connectivity index (χ1v) is 9.95. The fourth-order valence-corrected chi connectivity index (χ4v) is 4.06. The fourth-order valence-electron chi connectivity index (χ4n) is 4.06. The summed E-state index contributed by atoms with van der Waals surface area (Å²) >= 11 is 0. The van der Waals surface area contributed by atoms with Crippen LogP contribution >= 0.6 is 0 Å². The standard InChI is InChI=1S/C20H19F3N6O2/c21-20(22,23)16-2-1-6-28(16)18-4-3-17-25-10-15(29(17)27-18)19(30)26-13-8-12-11-31-7-5-14(12)24-9-13/h3-4,8-10,16H,1-2,5-7,11H2,(H,26,30). The number of aromatic nitrogens is 4. The van der Waals surface area contributed by atoms with Gasteiger partial charge in [0.1, 0.15) is 11.9 Å². The van der Waals surface area contributed by atoms with E-state index in [1.807, 2.05) is 0 Å². The minimum absolute atomic E-state index is 0.0233. The van der Waals surface area contributed by atoms with Crippen molar-refractivity contribution in [3.8, 4) is 0 Å². The van der Waals surface area contributed by atoms with Gasteiger partial charge in [0.05, 0.1) is 31.3 Å². The largest absolute Gasteiger partial charge is 0.408 e. The Labute approximate surface area is 175 Å². The summed E-state index contributed by atoms with van der Waals surface area (Å²) in [5.74, 6) is -0.323. The number of halogens is 3. The summed E-state index contributed by atoms with van der Waals surface area (Å²) in [7, 11) is 0. The van der Waals surface area contributed by atoms with Crippen LogP contribution in [0, 0.1) is 0 Å². The Kier molecular flexibility index (Phi) is 4.77. The van der Waals surface area contributed by atoms with Gasteiger partial charge in [0, 0.05) is 24.2 Å². The van der Waals surface area contributed by atoms with Crippen molar-refractivity contribution >= 4 is 23.1 Å². The molecule has 1 N–H and O–H groups in total. The lowest BCUT2D eigenvalue weighted by Crippen LogP contribution is -2.41. The van der Waals surface area contributed by atoms with Gasteiger partial charge in [-0.25, -0.2) is 9.50 Å². The lowest BCUT2D eigenvalue weighted by atomic mass is 10.1. The van der Waals surface area contributed by atoms with Gasteiger partial charge in [0.2, 0.25) is 0 Å². The van der Waals surface area contributed by atoms with Gasteiger partial charge < -0.3 is 15.0 Å². The highest BCUT2D eigenvalue weighted by atomic mass is 19.4. The lowest BCUT2D eigenvalue weighted by Gasteiger charge is -2.27. The zero-order chi connectivity index (χ0) is 21.6. The van der Waals surface area contributed by atoms with E-state index in [9.17, 15) is 18.0 Å². The molecule has 3 aromatic rings. The highest BCUT2D eigenvalue weighted by Crippen LogP contribution is 2.35. The van der Waals surface area contributed by atoms with Crippen molar-refractivity contribution in [1.29, 1.82) is 0 Å². The van der Waals surface area contributed by atoms with E-state index in [-0.39, 0.29) is 24.5 Å². The smallest absolute Gasteiger partial charge is 0.376 e. The maximum absolute atomic E-state index is 13.4. The Balaban J connectivity index is 1.42. The molecule has 3 aromatic heterocycles. The molecule has 1 amide bonds. The molecule has 8 nitrogen and oxygen atoms in total. The van der Waals surface area contributed by atoms with Gasteiger partial charge in [-0.1, -0.05) is 0 Å². The van der Waals surface area contributed by atoms with E-state index >= 15 is 0 Å². The summed E-state index contributed by atoms with van der Waals surface area (Å²) in [6, 6.07) is 3.28. The van der Waals surface area contributed by atoms with E-state index in [1.165, 1.54) is 21.7 Å². The number of carbonyl (C=O) groups is 1. The molecule has 1 atom stereocenters. The van der Waals surface area contributed by atoms with Gasteiger partial charge in [-0.05, 0) is 31.0 Å². The Bertz CT molecular complexity index is 1150. The van der Waals surface area contributed by atoms with Crippen LogP contribution < -0.4 is 10.2 Å². The molecule has 0 radical (unpaired) electrons. The molecular weight excluding hydrogens is 413 g/mol. The third-order valence-electron chi connectivity index (χ3n) is 5.56. The quantitative estimate of drug-likeness (QED) is 0.685. The summed E-state index contributed by atoms with van der Waals surface area (Å²) in [6.45, 7) is 1.30. The minimum atomic E-state index is -4.34. The second kappa shape index (κ2) is 7.49. The van der Waals surface area contributed by atoms with Crippen LogP contribution in [0.3, 0.4) is 0 Å². The molecule has 2 aliphatic heterocycles. The van der Waals surface area contributed by atoms with Gasteiger partial charge in [-0.2, -0.15) is 13.2 Å². The molecule has 5 heterocycles. The highest BCUT2D eigenvalue weighted by Gasteiger charge is 2.46. The van der Waals surface area contributed by atoms with Crippen molar-refractivity contribution in [2.75, 3.05) is 23.4 Å². The SMILES string of the molecule is O=C(Nc1cnc2c(c1)COCC2)c1cnc2ccc(N3CCCC3C(F)(F)F)nn12. The average molecular weight is 432 g/mol. The van der Waals surface area contributed by atoms with E-state index in [2.05, 4.69) is 20.4 Å². The summed E-state index contributed by atoms with van der Waals surface area (Å²) in [4.78, 5) is 22.6. The predicted molar refractivity (Wildman–Crippen MR) is 105 cm³/mol. The molecule has 0 aliphatic carbocycles. The number of hydrogen-bond donors (Lipinski definition) is 1. The van der Waals surface area contributed by atoms with Gasteiger partial charge in [-0.15, -0.1) is 5.10 Å². The number of ether oxygens (including phenoxy) is 1. The zero-order valence-corrected chi connectivity index (χ0v) is 16.4. The Hall–Kier alpha value is -3.21. The van der Waals surface area contributed by atoms with Crippen LogP contribution in [0.5, 0.6) is 0 Å². The van der Waals surface area contributed by atoms with Crippen LogP contribution in [-0.2, 0) is 17.8 Å². The molecule has 31 heavy (non-hydrogen) atoms. The molecule has 0 aromatic carbocycles. The summed E-state index contributed by atoms with van der Waals surface area (Å²) < 4.78 is 46.7. The molecule has 5 rings (SSSR count). The molecule has 0 bridgehead atoms. The monoisotopic (exact) mass is 432 g/mol. The number of pyridine rings is 1. The fraction of sp³-hybridized carbons (Fsp3) is 0.400. The van der Waals surface area contributed by atoms with E-state index < -0.39 is 18.1 Å². The Morgan fingerprint density at radius 1 is 1.23 bits per heavy atom. The summed E-state index contributed by atoms with van der Waals surface area (Å²) in [5.41, 5.74) is 2.84. The number of alkyl halides is 3. The van der Waals surface area contributed by atoms with Crippen molar-refractivity contribution in [3.63, 3.8) is 0 Å². The van der Waals surface area contributed by atoms with Gasteiger partial charge >= 0.3 is 6.18 Å². The number of anilines is 2.